The van der Waals surface area contributed by atoms with Crippen LogP contribution in [0.5, 0.6) is 0 Å². The molecule has 94 valence electrons. The Morgan fingerprint density at radius 2 is 2.06 bits per heavy atom. The molecule has 16 heavy (non-hydrogen) atoms. The van der Waals surface area contributed by atoms with E-state index >= 15 is 0 Å². The third kappa shape index (κ3) is 4.49. The first kappa shape index (κ1) is 13.5. The summed E-state index contributed by atoms with van der Waals surface area (Å²) in [6.45, 7) is 5.93. The Balaban J connectivity index is 2.26. The van der Waals surface area contributed by atoms with Crippen molar-refractivity contribution in [3.8, 4) is 0 Å². The molecule has 2 atom stereocenters. The number of hydrogen-bond donors (Lipinski definition) is 1. The van der Waals surface area contributed by atoms with Gasteiger partial charge in [0.1, 0.15) is 0 Å². The van der Waals surface area contributed by atoms with Crippen molar-refractivity contribution in [2.24, 2.45) is 5.92 Å². The fourth-order valence-electron chi connectivity index (χ4n) is 2.19. The summed E-state index contributed by atoms with van der Waals surface area (Å²) in [5.74, 6) is 0.507. The van der Waals surface area contributed by atoms with E-state index < -0.39 is 0 Å². The standard InChI is InChI=1S/C12H23NO3/c1-9(8-12(14)15-3)13-10(2)11-4-6-16-7-5-11/h9-11,13H,4-8H2,1-3H3. The van der Waals surface area contributed by atoms with Crippen LogP contribution in [-0.4, -0.2) is 38.4 Å². The number of hydrogen-bond acceptors (Lipinski definition) is 4. The van der Waals surface area contributed by atoms with Gasteiger partial charge in [0.15, 0.2) is 0 Å². The second-order valence-corrected chi connectivity index (χ2v) is 4.59. The maximum atomic E-state index is 11.1. The Morgan fingerprint density at radius 1 is 1.44 bits per heavy atom. The number of carbonyl (C=O) groups excluding carboxylic acids is 1. The molecule has 1 fully saturated rings. The lowest BCUT2D eigenvalue weighted by atomic mass is 9.92. The van der Waals surface area contributed by atoms with E-state index in [1.807, 2.05) is 6.92 Å². The van der Waals surface area contributed by atoms with Crippen molar-refractivity contribution in [2.75, 3.05) is 20.3 Å². The number of carbonyl (C=O) groups is 1. The van der Waals surface area contributed by atoms with Gasteiger partial charge in [0, 0.05) is 25.3 Å². The maximum Gasteiger partial charge on any atom is 0.307 e. The number of methoxy groups -OCH3 is 1. The van der Waals surface area contributed by atoms with Crippen molar-refractivity contribution in [1.29, 1.82) is 0 Å². The molecule has 1 aliphatic rings. The number of ether oxygens (including phenoxy) is 2. The first-order valence-electron chi connectivity index (χ1n) is 6.04. The van der Waals surface area contributed by atoms with Gasteiger partial charge in [-0.25, -0.2) is 0 Å². The molecular formula is C12H23NO3. The molecule has 0 bridgehead atoms. The summed E-state index contributed by atoms with van der Waals surface area (Å²) in [6.07, 6.45) is 2.66. The molecule has 0 amide bonds. The minimum Gasteiger partial charge on any atom is -0.469 e. The normalized spacial score (nSPS) is 21.4. The molecule has 1 heterocycles. The van der Waals surface area contributed by atoms with Crippen LogP contribution in [-0.2, 0) is 14.3 Å². The average molecular weight is 229 g/mol. The number of esters is 1. The van der Waals surface area contributed by atoms with Crippen molar-refractivity contribution in [3.63, 3.8) is 0 Å². The average Bonchev–Trinajstić information content (AvgIpc) is 2.29. The van der Waals surface area contributed by atoms with E-state index in [1.54, 1.807) is 0 Å². The zero-order chi connectivity index (χ0) is 12.0. The summed E-state index contributed by atoms with van der Waals surface area (Å²) >= 11 is 0. The predicted molar refractivity (Wildman–Crippen MR) is 62.2 cm³/mol. The highest BCUT2D eigenvalue weighted by Gasteiger charge is 2.22. The van der Waals surface area contributed by atoms with Crippen molar-refractivity contribution in [2.45, 2.75) is 45.2 Å². The van der Waals surface area contributed by atoms with Gasteiger partial charge in [0.05, 0.1) is 13.5 Å². The van der Waals surface area contributed by atoms with E-state index in [2.05, 4.69) is 17.0 Å². The topological polar surface area (TPSA) is 47.6 Å². The lowest BCUT2D eigenvalue weighted by Crippen LogP contribution is -2.42. The van der Waals surface area contributed by atoms with Crippen LogP contribution in [0.2, 0.25) is 0 Å². The molecule has 1 rings (SSSR count). The predicted octanol–water partition coefficient (Wildman–Crippen LogP) is 1.34. The van der Waals surface area contributed by atoms with Gasteiger partial charge in [-0.15, -0.1) is 0 Å². The molecule has 4 nitrogen and oxygen atoms in total. The molecule has 1 N–H and O–H groups in total. The van der Waals surface area contributed by atoms with E-state index in [4.69, 9.17) is 4.74 Å². The van der Waals surface area contributed by atoms with E-state index in [0.29, 0.717) is 18.4 Å². The molecule has 4 heteroatoms. The highest BCUT2D eigenvalue weighted by Crippen LogP contribution is 2.19. The van der Waals surface area contributed by atoms with Gasteiger partial charge in [0.25, 0.3) is 0 Å². The minimum atomic E-state index is -0.154. The molecule has 0 spiro atoms. The molecule has 1 saturated heterocycles. The highest BCUT2D eigenvalue weighted by atomic mass is 16.5. The molecule has 0 aromatic heterocycles. The van der Waals surface area contributed by atoms with Gasteiger partial charge in [-0.3, -0.25) is 4.79 Å². The van der Waals surface area contributed by atoms with Gasteiger partial charge in [-0.1, -0.05) is 0 Å². The number of nitrogens with one attached hydrogen (secondary N) is 1. The van der Waals surface area contributed by atoms with Crippen molar-refractivity contribution in [1.82, 2.24) is 5.32 Å². The second-order valence-electron chi connectivity index (χ2n) is 4.59. The Kier molecular flexibility index (Phi) is 5.77. The van der Waals surface area contributed by atoms with E-state index in [-0.39, 0.29) is 12.0 Å². The van der Waals surface area contributed by atoms with Gasteiger partial charge < -0.3 is 14.8 Å². The molecule has 0 saturated carbocycles. The van der Waals surface area contributed by atoms with E-state index in [1.165, 1.54) is 7.11 Å². The van der Waals surface area contributed by atoms with Gasteiger partial charge in [-0.2, -0.15) is 0 Å². The maximum absolute atomic E-state index is 11.1. The van der Waals surface area contributed by atoms with Gasteiger partial charge in [0.2, 0.25) is 0 Å². The third-order valence-electron chi connectivity index (χ3n) is 3.22. The van der Waals surface area contributed by atoms with Crippen LogP contribution in [0, 0.1) is 5.92 Å². The van der Waals surface area contributed by atoms with E-state index in [0.717, 1.165) is 26.1 Å². The third-order valence-corrected chi connectivity index (χ3v) is 3.22. The first-order valence-corrected chi connectivity index (χ1v) is 6.04. The quantitative estimate of drug-likeness (QED) is 0.723. The minimum absolute atomic E-state index is 0.154. The van der Waals surface area contributed by atoms with Crippen LogP contribution in [0.1, 0.15) is 33.1 Å². The summed E-state index contributed by atoms with van der Waals surface area (Å²) in [4.78, 5) is 11.1. The molecule has 0 aliphatic carbocycles. The first-order chi connectivity index (χ1) is 7.63. The SMILES string of the molecule is COC(=O)CC(C)NC(C)C1CCOCC1. The largest absolute Gasteiger partial charge is 0.469 e. The Bertz CT molecular complexity index is 214. The Labute approximate surface area is 97.7 Å². The monoisotopic (exact) mass is 229 g/mol. The van der Waals surface area contributed by atoms with Crippen molar-refractivity contribution >= 4 is 5.97 Å². The van der Waals surface area contributed by atoms with Crippen LogP contribution in [0.25, 0.3) is 0 Å². The molecule has 0 aromatic rings. The van der Waals surface area contributed by atoms with Crippen LogP contribution in [0.4, 0.5) is 0 Å². The fraction of sp³-hybridized carbons (Fsp3) is 0.917. The van der Waals surface area contributed by atoms with Gasteiger partial charge in [-0.05, 0) is 32.6 Å². The summed E-state index contributed by atoms with van der Waals surface area (Å²) in [5.41, 5.74) is 0. The lowest BCUT2D eigenvalue weighted by Gasteiger charge is -2.30. The zero-order valence-corrected chi connectivity index (χ0v) is 10.5. The summed E-state index contributed by atoms with van der Waals surface area (Å²) < 4.78 is 9.98. The molecule has 1 aliphatic heterocycles. The fourth-order valence-corrected chi connectivity index (χ4v) is 2.19. The molecule has 0 radical (unpaired) electrons. The van der Waals surface area contributed by atoms with Crippen LogP contribution in [0.15, 0.2) is 0 Å². The molecule has 2 unspecified atom stereocenters. The zero-order valence-electron chi connectivity index (χ0n) is 10.5. The Hall–Kier alpha value is -0.610. The summed E-state index contributed by atoms with van der Waals surface area (Å²) in [7, 11) is 1.43. The van der Waals surface area contributed by atoms with Crippen LogP contribution < -0.4 is 5.32 Å². The number of rotatable bonds is 5. The Morgan fingerprint density at radius 3 is 2.62 bits per heavy atom. The highest BCUT2D eigenvalue weighted by molar-refractivity contribution is 5.69. The second kappa shape index (κ2) is 6.86. The molecule has 0 aromatic carbocycles. The van der Waals surface area contributed by atoms with Gasteiger partial charge >= 0.3 is 5.97 Å². The smallest absolute Gasteiger partial charge is 0.307 e. The summed E-state index contributed by atoms with van der Waals surface area (Å²) in [5, 5.41) is 3.46. The summed E-state index contributed by atoms with van der Waals surface area (Å²) in [6, 6.07) is 0.605. The van der Waals surface area contributed by atoms with E-state index in [9.17, 15) is 4.79 Å². The molecular weight excluding hydrogens is 206 g/mol. The lowest BCUT2D eigenvalue weighted by molar-refractivity contribution is -0.141. The van der Waals surface area contributed by atoms with Crippen LogP contribution in [0.3, 0.4) is 0 Å². The van der Waals surface area contributed by atoms with Crippen molar-refractivity contribution in [3.05, 3.63) is 0 Å². The van der Waals surface area contributed by atoms with Crippen LogP contribution >= 0.6 is 0 Å². The van der Waals surface area contributed by atoms with Crippen molar-refractivity contribution < 1.29 is 14.3 Å².